The summed E-state index contributed by atoms with van der Waals surface area (Å²) in [5, 5.41) is 5.48. The van der Waals surface area contributed by atoms with E-state index in [1.54, 1.807) is 25.1 Å². The lowest BCUT2D eigenvalue weighted by atomic mass is 10.1. The van der Waals surface area contributed by atoms with Gasteiger partial charge in [0.05, 0.1) is 10.9 Å². The maximum Gasteiger partial charge on any atom is 0.315 e. The van der Waals surface area contributed by atoms with Gasteiger partial charge >= 0.3 is 6.03 Å². The van der Waals surface area contributed by atoms with Gasteiger partial charge in [0, 0.05) is 6.04 Å². The molecule has 1 unspecified atom stereocenters. The third kappa shape index (κ3) is 4.50. The van der Waals surface area contributed by atoms with Gasteiger partial charge in [-0.15, -0.1) is 0 Å². The summed E-state index contributed by atoms with van der Waals surface area (Å²) in [6.45, 7) is 5.53. The van der Waals surface area contributed by atoms with Gasteiger partial charge in [-0.2, -0.15) is 0 Å². The zero-order valence-corrected chi connectivity index (χ0v) is 12.9. The third-order valence-electron chi connectivity index (χ3n) is 2.70. The second kappa shape index (κ2) is 6.71. The molecule has 0 heterocycles. The second-order valence-electron chi connectivity index (χ2n) is 4.77. The molecule has 0 fully saturated rings. The van der Waals surface area contributed by atoms with Gasteiger partial charge in [-0.1, -0.05) is 12.1 Å². The van der Waals surface area contributed by atoms with Crippen LogP contribution in [0.1, 0.15) is 32.4 Å². The normalized spacial score (nSPS) is 13.1. The average Bonchev–Trinajstić information content (AvgIpc) is 2.37. The van der Waals surface area contributed by atoms with E-state index in [0.717, 1.165) is 5.56 Å². The van der Waals surface area contributed by atoms with Crippen LogP contribution in [0, 0.1) is 0 Å². The molecule has 1 aromatic rings. The van der Waals surface area contributed by atoms with Crippen LogP contribution in [0.15, 0.2) is 29.2 Å². The van der Waals surface area contributed by atoms with Gasteiger partial charge in [0.1, 0.15) is 0 Å². The molecular formula is C13H21N3O3S. The predicted molar refractivity (Wildman–Crippen MR) is 77.9 cm³/mol. The van der Waals surface area contributed by atoms with Gasteiger partial charge in [-0.25, -0.2) is 17.9 Å². The molecule has 2 amide bonds. The van der Waals surface area contributed by atoms with Crippen molar-refractivity contribution in [3.8, 4) is 0 Å². The van der Waals surface area contributed by atoms with Gasteiger partial charge in [0.2, 0.25) is 10.0 Å². The summed E-state index contributed by atoms with van der Waals surface area (Å²) in [4.78, 5) is 11.8. The van der Waals surface area contributed by atoms with Crippen LogP contribution >= 0.6 is 0 Å². The highest BCUT2D eigenvalue weighted by molar-refractivity contribution is 7.89. The third-order valence-corrected chi connectivity index (χ3v) is 4.12. The molecule has 0 bridgehead atoms. The van der Waals surface area contributed by atoms with E-state index in [2.05, 4.69) is 15.4 Å². The van der Waals surface area contributed by atoms with Crippen LogP contribution < -0.4 is 15.4 Å². The lowest BCUT2D eigenvalue weighted by Crippen LogP contribution is -2.40. The highest BCUT2D eigenvalue weighted by Gasteiger charge is 2.15. The Morgan fingerprint density at radius 2 is 1.80 bits per heavy atom. The van der Waals surface area contributed by atoms with Crippen molar-refractivity contribution in [2.45, 2.75) is 37.8 Å². The summed E-state index contributed by atoms with van der Waals surface area (Å²) in [6.07, 6.45) is 0. The van der Waals surface area contributed by atoms with Gasteiger partial charge in [0.15, 0.2) is 0 Å². The van der Waals surface area contributed by atoms with Crippen LogP contribution in [-0.4, -0.2) is 27.5 Å². The molecule has 0 aliphatic carbocycles. The van der Waals surface area contributed by atoms with Crippen LogP contribution in [0.3, 0.4) is 0 Å². The van der Waals surface area contributed by atoms with E-state index < -0.39 is 10.0 Å². The maximum absolute atomic E-state index is 11.7. The van der Waals surface area contributed by atoms with Crippen LogP contribution in [0.5, 0.6) is 0 Å². The molecule has 0 radical (unpaired) electrons. The average molecular weight is 299 g/mol. The molecule has 3 N–H and O–H groups in total. The van der Waals surface area contributed by atoms with E-state index >= 15 is 0 Å². The fraction of sp³-hybridized carbons (Fsp3) is 0.462. The Morgan fingerprint density at radius 3 is 2.35 bits per heavy atom. The summed E-state index contributed by atoms with van der Waals surface area (Å²) in [5.41, 5.74) is 0.722. The first-order chi connectivity index (χ1) is 9.26. The Labute approximate surface area is 120 Å². The van der Waals surface area contributed by atoms with E-state index in [1.165, 1.54) is 13.1 Å². The number of sulfonamides is 1. The molecule has 1 aromatic carbocycles. The number of carbonyl (C=O) groups is 1. The van der Waals surface area contributed by atoms with Gasteiger partial charge in [-0.05, 0) is 45.5 Å². The molecule has 20 heavy (non-hydrogen) atoms. The van der Waals surface area contributed by atoms with Crippen molar-refractivity contribution in [1.29, 1.82) is 0 Å². The van der Waals surface area contributed by atoms with Crippen LogP contribution in [0.4, 0.5) is 4.79 Å². The summed E-state index contributed by atoms with van der Waals surface area (Å²) in [7, 11) is -2.12. The fourth-order valence-electron chi connectivity index (χ4n) is 1.65. The van der Waals surface area contributed by atoms with E-state index in [9.17, 15) is 13.2 Å². The Hall–Kier alpha value is -1.60. The largest absolute Gasteiger partial charge is 0.336 e. The number of rotatable bonds is 5. The van der Waals surface area contributed by atoms with Gasteiger partial charge in [-0.3, -0.25) is 0 Å². The van der Waals surface area contributed by atoms with Crippen molar-refractivity contribution in [3.63, 3.8) is 0 Å². The number of benzene rings is 1. The first-order valence-electron chi connectivity index (χ1n) is 6.37. The SMILES string of the molecule is CNS(=O)(=O)c1cccc(C(C)NC(=O)NC(C)C)c1. The van der Waals surface area contributed by atoms with Crippen LogP contribution in [0.25, 0.3) is 0 Å². The summed E-state index contributed by atoms with van der Waals surface area (Å²) in [6, 6.07) is 5.95. The lowest BCUT2D eigenvalue weighted by Gasteiger charge is -2.17. The first-order valence-corrected chi connectivity index (χ1v) is 7.85. The fourth-order valence-corrected chi connectivity index (χ4v) is 2.44. The van der Waals surface area contributed by atoms with E-state index in [-0.39, 0.29) is 23.0 Å². The minimum atomic E-state index is -3.48. The second-order valence-corrected chi connectivity index (χ2v) is 6.66. The number of hydrogen-bond acceptors (Lipinski definition) is 3. The van der Waals surface area contributed by atoms with E-state index in [4.69, 9.17) is 0 Å². The number of nitrogens with one attached hydrogen (secondary N) is 3. The first kappa shape index (κ1) is 16.5. The molecule has 0 saturated carbocycles. The molecule has 6 nitrogen and oxygen atoms in total. The quantitative estimate of drug-likeness (QED) is 0.767. The Kier molecular flexibility index (Phi) is 5.52. The van der Waals surface area contributed by atoms with Gasteiger partial charge < -0.3 is 10.6 Å². The van der Waals surface area contributed by atoms with Crippen molar-refractivity contribution >= 4 is 16.1 Å². The molecule has 1 rings (SSSR count). The van der Waals surface area contributed by atoms with Crippen molar-refractivity contribution < 1.29 is 13.2 Å². The van der Waals surface area contributed by atoms with Crippen molar-refractivity contribution in [2.75, 3.05) is 7.05 Å². The van der Waals surface area contributed by atoms with Crippen molar-refractivity contribution in [3.05, 3.63) is 29.8 Å². The number of urea groups is 1. The zero-order chi connectivity index (χ0) is 15.3. The Bertz CT molecular complexity index is 570. The standard InChI is InChI=1S/C13H21N3O3S/c1-9(2)15-13(17)16-10(3)11-6-5-7-12(8-11)20(18,19)14-4/h5-10,14H,1-4H3,(H2,15,16,17). The van der Waals surface area contributed by atoms with E-state index in [0.29, 0.717) is 0 Å². The maximum atomic E-state index is 11.7. The van der Waals surface area contributed by atoms with E-state index in [1.807, 2.05) is 13.8 Å². The molecule has 0 aromatic heterocycles. The predicted octanol–water partition coefficient (Wildman–Crippen LogP) is 1.36. The number of amides is 2. The van der Waals surface area contributed by atoms with Crippen molar-refractivity contribution in [2.24, 2.45) is 0 Å². The molecular weight excluding hydrogens is 278 g/mol. The molecule has 0 spiro atoms. The molecule has 0 aliphatic heterocycles. The summed E-state index contributed by atoms with van der Waals surface area (Å²) in [5.74, 6) is 0. The monoisotopic (exact) mass is 299 g/mol. The zero-order valence-electron chi connectivity index (χ0n) is 12.1. The number of hydrogen-bond donors (Lipinski definition) is 3. The highest BCUT2D eigenvalue weighted by atomic mass is 32.2. The Balaban J connectivity index is 2.87. The topological polar surface area (TPSA) is 87.3 Å². The highest BCUT2D eigenvalue weighted by Crippen LogP contribution is 2.17. The molecule has 112 valence electrons. The molecule has 0 aliphatic rings. The summed E-state index contributed by atoms with van der Waals surface area (Å²) >= 11 is 0. The minimum absolute atomic E-state index is 0.0400. The van der Waals surface area contributed by atoms with Crippen molar-refractivity contribution in [1.82, 2.24) is 15.4 Å². The molecule has 0 saturated heterocycles. The van der Waals surface area contributed by atoms with Gasteiger partial charge in [0.25, 0.3) is 0 Å². The van der Waals surface area contributed by atoms with Crippen LogP contribution in [0.2, 0.25) is 0 Å². The Morgan fingerprint density at radius 1 is 1.15 bits per heavy atom. The number of carbonyl (C=O) groups excluding carboxylic acids is 1. The molecule has 7 heteroatoms. The smallest absolute Gasteiger partial charge is 0.315 e. The molecule has 1 atom stereocenters. The summed E-state index contributed by atoms with van der Waals surface area (Å²) < 4.78 is 25.7. The van der Waals surface area contributed by atoms with Crippen LogP contribution in [-0.2, 0) is 10.0 Å². The minimum Gasteiger partial charge on any atom is -0.336 e. The lowest BCUT2D eigenvalue weighted by molar-refractivity contribution is 0.235.